The predicted molar refractivity (Wildman–Crippen MR) is 134 cm³/mol. The Morgan fingerprint density at radius 3 is 2.22 bits per heavy atom. The predicted octanol–water partition coefficient (Wildman–Crippen LogP) is 3.10. The maximum atomic E-state index is 13.9. The molecule has 3 amide bonds. The van der Waals surface area contributed by atoms with Crippen molar-refractivity contribution in [2.45, 2.75) is 44.4 Å². The zero-order chi connectivity index (χ0) is 25.3. The number of amides is 3. The van der Waals surface area contributed by atoms with Gasteiger partial charge in [0.1, 0.15) is 17.5 Å². The van der Waals surface area contributed by atoms with Crippen molar-refractivity contribution in [3.63, 3.8) is 0 Å². The van der Waals surface area contributed by atoms with Crippen LogP contribution in [0.1, 0.15) is 52.0 Å². The summed E-state index contributed by atoms with van der Waals surface area (Å²) in [5.41, 5.74) is 1.26. The lowest BCUT2D eigenvalue weighted by atomic mass is 9.95. The summed E-state index contributed by atoms with van der Waals surface area (Å²) in [5.74, 6) is 0.353. The number of rotatable bonds is 4. The van der Waals surface area contributed by atoms with Crippen LogP contribution in [0.15, 0.2) is 48.5 Å². The van der Waals surface area contributed by atoms with Crippen LogP contribution in [0.2, 0.25) is 0 Å². The Labute approximate surface area is 211 Å². The fraction of sp³-hybridized carbons (Fsp3) is 0.464. The molecule has 1 atom stereocenters. The molecular formula is C28H33N3O5. The Morgan fingerprint density at radius 2 is 1.58 bits per heavy atom. The van der Waals surface area contributed by atoms with E-state index >= 15 is 0 Å². The van der Waals surface area contributed by atoms with Crippen LogP contribution in [0.5, 0.6) is 5.75 Å². The molecule has 8 nitrogen and oxygen atoms in total. The third-order valence-corrected chi connectivity index (χ3v) is 7.62. The van der Waals surface area contributed by atoms with Crippen LogP contribution >= 0.6 is 0 Å². The molecule has 5 rings (SSSR count). The molecule has 0 saturated carbocycles. The van der Waals surface area contributed by atoms with Crippen LogP contribution in [0.3, 0.4) is 0 Å². The van der Waals surface area contributed by atoms with Crippen molar-refractivity contribution in [2.75, 3.05) is 39.9 Å². The number of hydrogen-bond donors (Lipinski definition) is 0. The summed E-state index contributed by atoms with van der Waals surface area (Å²) < 4.78 is 11.6. The quantitative estimate of drug-likeness (QED) is 0.657. The van der Waals surface area contributed by atoms with Crippen LogP contribution in [-0.4, -0.2) is 84.1 Å². The number of ether oxygens (including phenoxy) is 2. The summed E-state index contributed by atoms with van der Waals surface area (Å²) in [4.78, 5) is 45.8. The van der Waals surface area contributed by atoms with E-state index in [1.54, 1.807) is 36.3 Å². The SMILES string of the molecule is COc1ccc(C(=O)N2[C@@H](C(=O)N3CCCC3)COC23CCN(C(=O)c2cccc(C)c2)CC3)cc1. The van der Waals surface area contributed by atoms with Crippen molar-refractivity contribution in [1.29, 1.82) is 0 Å². The summed E-state index contributed by atoms with van der Waals surface area (Å²) in [6.07, 6.45) is 2.87. The second-order valence-corrected chi connectivity index (χ2v) is 9.87. The minimum atomic E-state index is -0.916. The minimum Gasteiger partial charge on any atom is -0.497 e. The zero-order valence-corrected chi connectivity index (χ0v) is 20.9. The molecule has 0 unspecified atom stereocenters. The van der Waals surface area contributed by atoms with Crippen molar-refractivity contribution in [2.24, 2.45) is 0 Å². The van der Waals surface area contributed by atoms with Crippen LogP contribution in [0, 0.1) is 6.92 Å². The second kappa shape index (κ2) is 9.93. The third-order valence-electron chi connectivity index (χ3n) is 7.62. The van der Waals surface area contributed by atoms with Gasteiger partial charge in [-0.2, -0.15) is 0 Å². The summed E-state index contributed by atoms with van der Waals surface area (Å²) in [7, 11) is 1.58. The number of benzene rings is 2. The molecule has 0 N–H and O–H groups in total. The monoisotopic (exact) mass is 491 g/mol. The molecule has 36 heavy (non-hydrogen) atoms. The standard InChI is InChI=1S/C28H33N3O5/c1-20-6-5-7-22(18-20)25(32)30-16-12-28(13-17-30)31(26(33)21-8-10-23(35-2)11-9-21)24(19-36-28)27(34)29-14-3-4-15-29/h5-11,18,24H,3-4,12-17,19H2,1-2H3/t24-/m1/s1. The van der Waals surface area contributed by atoms with Gasteiger partial charge in [0, 0.05) is 50.1 Å². The molecule has 3 heterocycles. The van der Waals surface area contributed by atoms with Crippen LogP contribution in [-0.2, 0) is 9.53 Å². The Balaban J connectivity index is 1.39. The van der Waals surface area contributed by atoms with Gasteiger partial charge in [0.15, 0.2) is 0 Å². The molecule has 0 bridgehead atoms. The van der Waals surface area contributed by atoms with E-state index < -0.39 is 11.8 Å². The molecule has 0 aromatic heterocycles. The van der Waals surface area contributed by atoms with Crippen molar-refractivity contribution in [3.05, 3.63) is 65.2 Å². The van der Waals surface area contributed by atoms with Crippen molar-refractivity contribution in [1.82, 2.24) is 14.7 Å². The highest BCUT2D eigenvalue weighted by molar-refractivity contribution is 5.99. The first-order chi connectivity index (χ1) is 17.4. The Kier molecular flexibility index (Phi) is 6.71. The van der Waals surface area contributed by atoms with Gasteiger partial charge in [-0.1, -0.05) is 17.7 Å². The number of piperidine rings is 1. The van der Waals surface area contributed by atoms with Gasteiger partial charge < -0.3 is 19.3 Å². The van der Waals surface area contributed by atoms with E-state index in [-0.39, 0.29) is 24.3 Å². The number of carbonyl (C=O) groups is 3. The molecule has 0 radical (unpaired) electrons. The number of carbonyl (C=O) groups excluding carboxylic acids is 3. The van der Waals surface area contributed by atoms with Crippen molar-refractivity contribution in [3.8, 4) is 5.75 Å². The van der Waals surface area contributed by atoms with Gasteiger partial charge in [0.2, 0.25) is 5.91 Å². The Hall–Kier alpha value is -3.39. The molecule has 1 spiro atoms. The molecule has 3 fully saturated rings. The number of hydrogen-bond acceptors (Lipinski definition) is 5. The minimum absolute atomic E-state index is 0.0238. The van der Waals surface area contributed by atoms with E-state index in [2.05, 4.69) is 0 Å². The molecule has 2 aromatic carbocycles. The highest BCUT2D eigenvalue weighted by Crippen LogP contribution is 2.39. The first-order valence-corrected chi connectivity index (χ1v) is 12.7. The average Bonchev–Trinajstić information content (AvgIpc) is 3.57. The van der Waals surface area contributed by atoms with Gasteiger partial charge in [-0.05, 0) is 56.2 Å². The summed E-state index contributed by atoms with van der Waals surface area (Å²) in [6.45, 7) is 4.46. The topological polar surface area (TPSA) is 79.4 Å². The van der Waals surface area contributed by atoms with E-state index in [0.29, 0.717) is 55.9 Å². The summed E-state index contributed by atoms with van der Waals surface area (Å²) >= 11 is 0. The van der Waals surface area contributed by atoms with E-state index in [4.69, 9.17) is 9.47 Å². The average molecular weight is 492 g/mol. The maximum absolute atomic E-state index is 13.9. The first kappa shape index (κ1) is 24.3. The Bertz CT molecular complexity index is 1130. The molecule has 8 heteroatoms. The van der Waals surface area contributed by atoms with Gasteiger partial charge in [-0.25, -0.2) is 0 Å². The third kappa shape index (κ3) is 4.46. The van der Waals surface area contributed by atoms with Crippen molar-refractivity contribution < 1.29 is 23.9 Å². The molecule has 3 aliphatic rings. The van der Waals surface area contributed by atoms with E-state index in [0.717, 1.165) is 18.4 Å². The lowest BCUT2D eigenvalue weighted by Gasteiger charge is -2.44. The lowest BCUT2D eigenvalue weighted by molar-refractivity contribution is -0.136. The lowest BCUT2D eigenvalue weighted by Crippen LogP contribution is -2.60. The Morgan fingerprint density at radius 1 is 0.889 bits per heavy atom. The number of likely N-dealkylation sites (tertiary alicyclic amines) is 2. The molecule has 3 aliphatic heterocycles. The first-order valence-electron chi connectivity index (χ1n) is 12.7. The number of methoxy groups -OCH3 is 1. The van der Waals surface area contributed by atoms with Crippen molar-refractivity contribution >= 4 is 17.7 Å². The van der Waals surface area contributed by atoms with E-state index in [1.165, 1.54) is 0 Å². The van der Waals surface area contributed by atoms with Gasteiger partial charge in [0.25, 0.3) is 11.8 Å². The highest BCUT2D eigenvalue weighted by atomic mass is 16.5. The zero-order valence-electron chi connectivity index (χ0n) is 20.9. The second-order valence-electron chi connectivity index (χ2n) is 9.87. The van der Waals surface area contributed by atoms with Gasteiger partial charge in [-0.15, -0.1) is 0 Å². The normalized spacial score (nSPS) is 21.2. The van der Waals surface area contributed by atoms with Crippen LogP contribution in [0.25, 0.3) is 0 Å². The fourth-order valence-electron chi connectivity index (χ4n) is 5.60. The van der Waals surface area contributed by atoms with Crippen LogP contribution in [0.4, 0.5) is 0 Å². The van der Waals surface area contributed by atoms with Gasteiger partial charge in [-0.3, -0.25) is 19.3 Å². The molecular weight excluding hydrogens is 458 g/mol. The molecule has 3 saturated heterocycles. The van der Waals surface area contributed by atoms with E-state index in [9.17, 15) is 14.4 Å². The van der Waals surface area contributed by atoms with Gasteiger partial charge in [0.05, 0.1) is 13.7 Å². The van der Waals surface area contributed by atoms with E-state index in [1.807, 2.05) is 41.0 Å². The summed E-state index contributed by atoms with van der Waals surface area (Å²) in [5, 5.41) is 0. The summed E-state index contributed by atoms with van der Waals surface area (Å²) in [6, 6.07) is 13.8. The largest absolute Gasteiger partial charge is 0.497 e. The number of aryl methyl sites for hydroxylation is 1. The smallest absolute Gasteiger partial charge is 0.256 e. The molecule has 2 aromatic rings. The van der Waals surface area contributed by atoms with Crippen LogP contribution < -0.4 is 4.74 Å². The molecule has 0 aliphatic carbocycles. The maximum Gasteiger partial charge on any atom is 0.256 e. The fourth-order valence-corrected chi connectivity index (χ4v) is 5.60. The van der Waals surface area contributed by atoms with Gasteiger partial charge >= 0.3 is 0 Å². The highest BCUT2D eigenvalue weighted by Gasteiger charge is 2.55. The molecule has 190 valence electrons. The number of nitrogens with zero attached hydrogens (tertiary/aromatic N) is 3.